The number of nitrogens with zero attached hydrogens (tertiary/aromatic N) is 2. The lowest BCUT2D eigenvalue weighted by molar-refractivity contribution is 0.155. The van der Waals surface area contributed by atoms with Gasteiger partial charge in [-0.3, -0.25) is 4.90 Å². The second-order valence-electron chi connectivity index (χ2n) is 8.51. The lowest BCUT2D eigenvalue weighted by Gasteiger charge is -2.39. The molecule has 4 nitrogen and oxygen atoms in total. The maximum Gasteiger partial charge on any atom is 0.243 e. The maximum atomic E-state index is 13.3. The lowest BCUT2D eigenvalue weighted by Crippen LogP contribution is -2.50. The molecule has 3 aromatic carbocycles. The molecule has 1 heterocycles. The number of piperazine rings is 1. The molecule has 160 valence electrons. The van der Waals surface area contributed by atoms with E-state index in [2.05, 4.69) is 53.4 Å². The number of sulfonamides is 1. The summed E-state index contributed by atoms with van der Waals surface area (Å²) in [5.74, 6) is 0. The monoisotopic (exact) mass is 432 g/mol. The number of aryl methyl sites for hydroxylation is 3. The summed E-state index contributed by atoms with van der Waals surface area (Å²) in [7, 11) is -3.47. The Balaban J connectivity index is 1.44. The van der Waals surface area contributed by atoms with Crippen molar-refractivity contribution in [1.29, 1.82) is 0 Å². The van der Waals surface area contributed by atoms with Gasteiger partial charge in [0.05, 0.1) is 10.9 Å². The molecule has 1 saturated heterocycles. The van der Waals surface area contributed by atoms with Crippen LogP contribution in [0, 0.1) is 6.92 Å². The van der Waals surface area contributed by atoms with Crippen LogP contribution >= 0.6 is 0 Å². The normalized spacial score (nSPS) is 18.2. The predicted octanol–water partition coefficient (Wildman–Crippen LogP) is 4.19. The Hall–Kier alpha value is -2.47. The van der Waals surface area contributed by atoms with E-state index >= 15 is 0 Å². The van der Waals surface area contributed by atoms with Crippen molar-refractivity contribution in [3.05, 3.63) is 101 Å². The molecule has 1 fully saturated rings. The minimum Gasteiger partial charge on any atom is -0.290 e. The summed E-state index contributed by atoms with van der Waals surface area (Å²) in [5, 5.41) is 0. The van der Waals surface area contributed by atoms with Crippen LogP contribution in [-0.2, 0) is 22.9 Å². The van der Waals surface area contributed by atoms with Crippen LogP contribution in [0.15, 0.2) is 77.7 Å². The molecule has 0 N–H and O–H groups in total. The van der Waals surface area contributed by atoms with Gasteiger partial charge in [0.15, 0.2) is 0 Å². The van der Waals surface area contributed by atoms with Crippen molar-refractivity contribution >= 4 is 10.0 Å². The Kier molecular flexibility index (Phi) is 5.42. The van der Waals surface area contributed by atoms with Gasteiger partial charge in [0.1, 0.15) is 0 Å². The van der Waals surface area contributed by atoms with Gasteiger partial charge in [-0.2, -0.15) is 4.31 Å². The van der Waals surface area contributed by atoms with E-state index in [1.807, 2.05) is 19.1 Å². The Morgan fingerprint density at radius 1 is 0.710 bits per heavy atom. The highest BCUT2D eigenvalue weighted by Gasteiger charge is 2.34. The van der Waals surface area contributed by atoms with E-state index < -0.39 is 10.0 Å². The highest BCUT2D eigenvalue weighted by molar-refractivity contribution is 7.89. The van der Waals surface area contributed by atoms with E-state index in [1.54, 1.807) is 16.4 Å². The fourth-order valence-electron chi connectivity index (χ4n) is 5.07. The average Bonchev–Trinajstić information content (AvgIpc) is 2.96. The van der Waals surface area contributed by atoms with Crippen molar-refractivity contribution in [3.8, 4) is 0 Å². The van der Waals surface area contributed by atoms with Crippen LogP contribution in [0.4, 0.5) is 0 Å². The van der Waals surface area contributed by atoms with Crippen LogP contribution in [0.1, 0.15) is 33.9 Å². The largest absolute Gasteiger partial charge is 0.290 e. The van der Waals surface area contributed by atoms with E-state index in [0.717, 1.165) is 31.5 Å². The van der Waals surface area contributed by atoms with Crippen molar-refractivity contribution < 1.29 is 8.42 Å². The van der Waals surface area contributed by atoms with Gasteiger partial charge in [0.25, 0.3) is 0 Å². The van der Waals surface area contributed by atoms with E-state index in [4.69, 9.17) is 0 Å². The van der Waals surface area contributed by atoms with Gasteiger partial charge in [-0.15, -0.1) is 0 Å². The fraction of sp³-hybridized carbons (Fsp3) is 0.308. The van der Waals surface area contributed by atoms with Crippen LogP contribution in [0.2, 0.25) is 0 Å². The number of benzene rings is 3. The molecule has 0 radical (unpaired) electrons. The zero-order valence-corrected chi connectivity index (χ0v) is 18.7. The maximum absolute atomic E-state index is 13.3. The molecule has 0 atom stereocenters. The molecule has 0 bridgehead atoms. The quantitative estimate of drug-likeness (QED) is 0.623. The van der Waals surface area contributed by atoms with Gasteiger partial charge >= 0.3 is 0 Å². The first kappa shape index (κ1) is 20.4. The first-order valence-corrected chi connectivity index (χ1v) is 12.4. The van der Waals surface area contributed by atoms with Crippen LogP contribution in [0.5, 0.6) is 0 Å². The number of fused-ring (bicyclic) bond motifs is 2. The molecule has 0 aromatic heterocycles. The average molecular weight is 433 g/mol. The summed E-state index contributed by atoms with van der Waals surface area (Å²) in [5.41, 5.74) is 6.33. The highest BCUT2D eigenvalue weighted by Crippen LogP contribution is 2.37. The molecule has 0 spiro atoms. The van der Waals surface area contributed by atoms with E-state index in [1.165, 1.54) is 22.3 Å². The number of hydrogen-bond donors (Lipinski definition) is 0. The zero-order chi connectivity index (χ0) is 21.4. The molecule has 5 heteroatoms. The van der Waals surface area contributed by atoms with Crippen molar-refractivity contribution in [2.24, 2.45) is 0 Å². The Labute approximate surface area is 185 Å². The first-order valence-electron chi connectivity index (χ1n) is 11.0. The molecule has 0 amide bonds. The van der Waals surface area contributed by atoms with Gasteiger partial charge in [-0.05, 0) is 53.6 Å². The van der Waals surface area contributed by atoms with Crippen molar-refractivity contribution in [2.75, 3.05) is 26.2 Å². The third-order valence-corrected chi connectivity index (χ3v) is 8.77. The van der Waals surface area contributed by atoms with Crippen molar-refractivity contribution in [2.45, 2.75) is 30.7 Å². The molecule has 1 aliphatic carbocycles. The summed E-state index contributed by atoms with van der Waals surface area (Å²) in [4.78, 5) is 2.89. The van der Waals surface area contributed by atoms with E-state index in [9.17, 15) is 8.42 Å². The third kappa shape index (κ3) is 3.71. The standard InChI is InChI=1S/C26H28N2O2S/c1-20-8-2-7-13-25(20)31(29,30)28-18-16-27(17-19-28)26-23-11-5-3-9-21(23)14-15-22-10-4-6-12-24(22)26/h2-13,26H,14-19H2,1H3. The molecule has 0 unspecified atom stereocenters. The topological polar surface area (TPSA) is 40.6 Å². The summed E-state index contributed by atoms with van der Waals surface area (Å²) < 4.78 is 28.2. The third-order valence-electron chi connectivity index (χ3n) is 6.71. The highest BCUT2D eigenvalue weighted by atomic mass is 32.2. The Bertz CT molecular complexity index is 1150. The SMILES string of the molecule is Cc1ccccc1S(=O)(=O)N1CCN(C2c3ccccc3CCc3ccccc32)CC1. The van der Waals surface area contributed by atoms with Gasteiger partial charge in [0, 0.05) is 26.2 Å². The summed E-state index contributed by atoms with van der Waals surface area (Å²) >= 11 is 0. The number of hydrogen-bond acceptors (Lipinski definition) is 3. The van der Waals surface area contributed by atoms with Gasteiger partial charge in [0.2, 0.25) is 10.0 Å². The van der Waals surface area contributed by atoms with Gasteiger partial charge in [-0.25, -0.2) is 8.42 Å². The van der Waals surface area contributed by atoms with Crippen LogP contribution < -0.4 is 0 Å². The molecule has 0 saturated carbocycles. The molecular formula is C26H28N2O2S. The fourth-order valence-corrected chi connectivity index (χ4v) is 6.72. The second kappa shape index (κ2) is 8.23. The molecule has 31 heavy (non-hydrogen) atoms. The van der Waals surface area contributed by atoms with E-state index in [0.29, 0.717) is 18.0 Å². The molecular weight excluding hydrogens is 404 g/mol. The lowest BCUT2D eigenvalue weighted by atomic mass is 9.93. The van der Waals surface area contributed by atoms with Gasteiger partial charge < -0.3 is 0 Å². The van der Waals surface area contributed by atoms with Crippen LogP contribution in [0.3, 0.4) is 0 Å². The Morgan fingerprint density at radius 2 is 1.23 bits per heavy atom. The van der Waals surface area contributed by atoms with Crippen molar-refractivity contribution in [3.63, 3.8) is 0 Å². The first-order chi connectivity index (χ1) is 15.1. The second-order valence-corrected chi connectivity index (χ2v) is 10.4. The zero-order valence-electron chi connectivity index (χ0n) is 17.9. The number of rotatable bonds is 3. The minimum absolute atomic E-state index is 0.179. The molecule has 1 aliphatic heterocycles. The summed E-state index contributed by atoms with van der Waals surface area (Å²) in [6.45, 7) is 4.33. The smallest absolute Gasteiger partial charge is 0.243 e. The predicted molar refractivity (Wildman–Crippen MR) is 124 cm³/mol. The Morgan fingerprint density at radius 3 is 1.81 bits per heavy atom. The summed E-state index contributed by atoms with van der Waals surface area (Å²) in [6.07, 6.45) is 2.09. The van der Waals surface area contributed by atoms with Gasteiger partial charge in [-0.1, -0.05) is 66.7 Å². The summed E-state index contributed by atoms with van der Waals surface area (Å²) in [6, 6.07) is 24.9. The van der Waals surface area contributed by atoms with Crippen LogP contribution in [0.25, 0.3) is 0 Å². The molecule has 3 aromatic rings. The van der Waals surface area contributed by atoms with E-state index in [-0.39, 0.29) is 6.04 Å². The van der Waals surface area contributed by atoms with Crippen LogP contribution in [-0.4, -0.2) is 43.8 Å². The van der Waals surface area contributed by atoms with Crippen molar-refractivity contribution in [1.82, 2.24) is 9.21 Å². The minimum atomic E-state index is -3.47. The molecule has 2 aliphatic rings. The molecule has 5 rings (SSSR count).